The van der Waals surface area contributed by atoms with Crippen molar-refractivity contribution in [3.05, 3.63) is 58.5 Å². The highest BCUT2D eigenvalue weighted by molar-refractivity contribution is 6.23. The van der Waals surface area contributed by atoms with Crippen LogP contribution in [0, 0.1) is 11.8 Å². The summed E-state index contributed by atoms with van der Waals surface area (Å²) in [6, 6.07) is 0. The minimum atomic E-state index is -1.03. The van der Waals surface area contributed by atoms with Crippen molar-refractivity contribution in [1.82, 2.24) is 15.5 Å². The van der Waals surface area contributed by atoms with E-state index in [0.717, 1.165) is 6.08 Å². The molecule has 1 aliphatic heterocycles. The summed E-state index contributed by atoms with van der Waals surface area (Å²) in [7, 11) is 6.66. The molecular weight excluding hydrogens is 610 g/mol. The van der Waals surface area contributed by atoms with Crippen molar-refractivity contribution < 1.29 is 42.9 Å². The molecule has 0 radical (unpaired) electrons. The highest BCUT2D eigenvalue weighted by atomic mass is 16.6. The van der Waals surface area contributed by atoms with Crippen LogP contribution in [-0.4, -0.2) is 100 Å². The fourth-order valence-corrected chi connectivity index (χ4v) is 5.49. The lowest BCUT2D eigenvalue weighted by Crippen LogP contribution is -2.41. The molecule has 47 heavy (non-hydrogen) atoms. The Morgan fingerprint density at radius 3 is 2.28 bits per heavy atom. The molecule has 0 aromatic carbocycles. The van der Waals surface area contributed by atoms with E-state index < -0.39 is 60.0 Å². The number of ketones is 2. The molecule has 0 saturated carbocycles. The number of carbonyl (C=O) groups excluding carboxylic acids is 5. The molecule has 0 saturated heterocycles. The first-order valence-electron chi connectivity index (χ1n) is 15.3. The number of Topliss-reactive ketones (excluding diaryl/α,β-unsaturated/α-hetero) is 1. The molecule has 2 bridgehead atoms. The molecule has 6 unspecified atom stereocenters. The summed E-state index contributed by atoms with van der Waals surface area (Å²) < 4.78 is 22.3. The lowest BCUT2D eigenvalue weighted by molar-refractivity contribution is -0.120. The van der Waals surface area contributed by atoms with E-state index >= 15 is 0 Å². The summed E-state index contributed by atoms with van der Waals surface area (Å²) in [5.41, 5.74) is 11.9. The maximum Gasteiger partial charge on any atom is 0.405 e. The Kier molecular flexibility index (Phi) is 15.0. The number of rotatable bonds is 8. The van der Waals surface area contributed by atoms with Crippen LogP contribution in [0.15, 0.2) is 58.5 Å². The highest BCUT2D eigenvalue weighted by Crippen LogP contribution is 2.30. The number of amides is 3. The van der Waals surface area contributed by atoms with Crippen molar-refractivity contribution in [3.8, 4) is 0 Å². The minimum Gasteiger partial charge on any atom is -0.443 e. The zero-order valence-electron chi connectivity index (χ0n) is 28.5. The van der Waals surface area contributed by atoms with Gasteiger partial charge in [-0.3, -0.25) is 14.4 Å². The summed E-state index contributed by atoms with van der Waals surface area (Å²) in [5.74, 6) is -2.31. The Balaban J connectivity index is 2.70. The number of nitrogens with one attached hydrogen (secondary N) is 2. The zero-order chi connectivity index (χ0) is 35.4. The Labute approximate surface area is 276 Å². The molecule has 2 aliphatic rings. The average Bonchev–Trinajstić information content (AvgIpc) is 2.98. The molecule has 3 amide bonds. The molecule has 1 aliphatic carbocycles. The topological polar surface area (TPSA) is 202 Å². The van der Waals surface area contributed by atoms with Gasteiger partial charge in [-0.15, -0.1) is 0 Å². The van der Waals surface area contributed by atoms with E-state index in [-0.39, 0.29) is 34.9 Å². The van der Waals surface area contributed by atoms with Crippen LogP contribution in [0.5, 0.6) is 0 Å². The third-order valence-corrected chi connectivity index (χ3v) is 7.87. The minimum absolute atomic E-state index is 0.147. The summed E-state index contributed by atoms with van der Waals surface area (Å²) in [4.78, 5) is 66.1. The first-order valence-corrected chi connectivity index (χ1v) is 15.3. The molecule has 14 heteroatoms. The van der Waals surface area contributed by atoms with Crippen LogP contribution in [-0.2, 0) is 33.3 Å². The maximum atomic E-state index is 13.8. The van der Waals surface area contributed by atoms with Gasteiger partial charge in [-0.2, -0.15) is 0 Å². The molecule has 0 spiro atoms. The number of fused-ring (bicyclic) bond motifs is 2. The molecular formula is C33H49N5O9. The van der Waals surface area contributed by atoms with Gasteiger partial charge in [0.1, 0.15) is 12.2 Å². The third-order valence-electron chi connectivity index (χ3n) is 7.87. The largest absolute Gasteiger partial charge is 0.443 e. The van der Waals surface area contributed by atoms with Crippen LogP contribution in [0.4, 0.5) is 9.59 Å². The second-order valence-corrected chi connectivity index (χ2v) is 12.1. The van der Waals surface area contributed by atoms with Gasteiger partial charge < -0.3 is 45.9 Å². The molecule has 6 N–H and O–H groups in total. The predicted octanol–water partition coefficient (Wildman–Crippen LogP) is 2.02. The van der Waals surface area contributed by atoms with Crippen LogP contribution < -0.4 is 22.1 Å². The van der Waals surface area contributed by atoms with Gasteiger partial charge in [0.05, 0.1) is 17.5 Å². The van der Waals surface area contributed by atoms with Crippen molar-refractivity contribution in [2.75, 3.05) is 41.4 Å². The molecule has 14 nitrogen and oxygen atoms in total. The Hall–Kier alpha value is -4.27. The van der Waals surface area contributed by atoms with E-state index in [1.807, 2.05) is 25.9 Å². The van der Waals surface area contributed by atoms with E-state index in [0.29, 0.717) is 25.1 Å². The number of allylic oxidation sites excluding steroid dienone is 4. The monoisotopic (exact) mass is 659 g/mol. The van der Waals surface area contributed by atoms with Gasteiger partial charge >= 0.3 is 12.2 Å². The number of primary amides is 2. The van der Waals surface area contributed by atoms with E-state index in [1.54, 1.807) is 32.9 Å². The summed E-state index contributed by atoms with van der Waals surface area (Å²) in [6.07, 6.45) is 2.45. The van der Waals surface area contributed by atoms with Crippen molar-refractivity contribution in [3.63, 3.8) is 0 Å². The Bertz CT molecular complexity index is 1350. The lowest BCUT2D eigenvalue weighted by Gasteiger charge is -2.32. The normalized spacial score (nSPS) is 29.6. The van der Waals surface area contributed by atoms with Crippen molar-refractivity contribution in [1.29, 1.82) is 0 Å². The number of hydrogen-bond donors (Lipinski definition) is 4. The third kappa shape index (κ3) is 11.5. The molecule has 0 aromatic rings. The van der Waals surface area contributed by atoms with Gasteiger partial charge in [0, 0.05) is 50.4 Å². The molecule has 6 atom stereocenters. The van der Waals surface area contributed by atoms with E-state index in [2.05, 4.69) is 10.6 Å². The highest BCUT2D eigenvalue weighted by Gasteiger charge is 2.35. The molecule has 0 aromatic heterocycles. The first kappa shape index (κ1) is 38.9. The van der Waals surface area contributed by atoms with Gasteiger partial charge in [-0.05, 0) is 52.3 Å². The number of likely N-dealkylation sites (N-methyl/N-ethyl adjacent to an activating group) is 1. The zero-order valence-corrected chi connectivity index (χ0v) is 28.5. The van der Waals surface area contributed by atoms with Crippen molar-refractivity contribution in [2.24, 2.45) is 23.3 Å². The summed E-state index contributed by atoms with van der Waals surface area (Å²) in [5, 5.41) is 5.69. The number of carbonyl (C=O) groups is 5. The van der Waals surface area contributed by atoms with Gasteiger partial charge in [-0.25, -0.2) is 9.59 Å². The number of ether oxygens (including phenoxy) is 4. The van der Waals surface area contributed by atoms with Gasteiger partial charge in [0.25, 0.3) is 5.91 Å². The van der Waals surface area contributed by atoms with Gasteiger partial charge in [-0.1, -0.05) is 38.2 Å². The summed E-state index contributed by atoms with van der Waals surface area (Å²) in [6.45, 7) is 7.93. The fourth-order valence-electron chi connectivity index (χ4n) is 5.49. The Morgan fingerprint density at radius 2 is 1.70 bits per heavy atom. The van der Waals surface area contributed by atoms with Crippen LogP contribution >= 0.6 is 0 Å². The van der Waals surface area contributed by atoms with Gasteiger partial charge in [0.2, 0.25) is 11.6 Å². The standard InChI is InChI=1S/C33H49N5O9/c1-18-14-22-27(36-12-13-38(5)6)24(39)17-23(28(22)40)37-31(41)19(2)10-9-11-25(44-7)29(46-32(34)42)20(3)16-21(4)30(47-33(35)43)26(15-18)45-8/h9-11,16-18,21,25-26,29-30,36H,12-15H2,1-8H3,(H2,34,42)(H2,35,43)(H,37,41)/b11-9+,19-10-,20-16-. The molecule has 260 valence electrons. The molecule has 0 fully saturated rings. The van der Waals surface area contributed by atoms with E-state index in [9.17, 15) is 24.0 Å². The van der Waals surface area contributed by atoms with Gasteiger partial charge in [0.15, 0.2) is 6.10 Å². The molecule has 2 rings (SSSR count). The van der Waals surface area contributed by atoms with Crippen molar-refractivity contribution in [2.45, 2.75) is 65.0 Å². The molecule has 1 heterocycles. The fraction of sp³-hybridized carbons (Fsp3) is 0.545. The number of nitrogens with two attached hydrogens (primary N) is 2. The second kappa shape index (κ2) is 18.2. The smallest absolute Gasteiger partial charge is 0.405 e. The van der Waals surface area contributed by atoms with Crippen LogP contribution in [0.1, 0.15) is 40.5 Å². The summed E-state index contributed by atoms with van der Waals surface area (Å²) >= 11 is 0. The average molecular weight is 660 g/mol. The first-order chi connectivity index (χ1) is 22.1. The second-order valence-electron chi connectivity index (χ2n) is 12.1. The predicted molar refractivity (Wildman–Crippen MR) is 175 cm³/mol. The Morgan fingerprint density at radius 1 is 1.04 bits per heavy atom. The van der Waals surface area contributed by atoms with Crippen LogP contribution in [0.25, 0.3) is 0 Å². The lowest BCUT2D eigenvalue weighted by atomic mass is 9.85. The van der Waals surface area contributed by atoms with Crippen LogP contribution in [0.2, 0.25) is 0 Å². The van der Waals surface area contributed by atoms with E-state index in [1.165, 1.54) is 26.4 Å². The van der Waals surface area contributed by atoms with Crippen molar-refractivity contribution >= 4 is 29.7 Å². The van der Waals surface area contributed by atoms with E-state index in [4.69, 9.17) is 30.4 Å². The quantitative estimate of drug-likeness (QED) is 0.219. The SMILES string of the molecule is COC1/C=C/C=C(/C)C(=O)NC2=CC(=O)C(NCCN(C)C)=C(CC(C)CC(OC)C(OC(N)=O)C(C)/C=C(/C)C1OC(N)=O)C2=O. The maximum absolute atomic E-state index is 13.8. The van der Waals surface area contributed by atoms with Crippen LogP contribution in [0.3, 0.4) is 0 Å². The number of nitrogens with zero attached hydrogens (tertiary/aromatic N) is 1. The number of methoxy groups -OCH3 is 2. The number of hydrogen-bond acceptors (Lipinski definition) is 11.